The van der Waals surface area contributed by atoms with Crippen molar-refractivity contribution in [3.63, 3.8) is 0 Å². The summed E-state index contributed by atoms with van der Waals surface area (Å²) in [5, 5.41) is 14.3. The Hall–Kier alpha value is -1.59. The van der Waals surface area contributed by atoms with E-state index < -0.39 is 17.9 Å². The molecular weight excluding hydrogens is 248 g/mol. The lowest BCUT2D eigenvalue weighted by atomic mass is 9.84. The molecule has 1 unspecified atom stereocenters. The Balaban J connectivity index is 2.45. The highest BCUT2D eigenvalue weighted by Gasteiger charge is 2.29. The van der Waals surface area contributed by atoms with Crippen molar-refractivity contribution in [2.45, 2.75) is 46.1 Å². The number of amides is 2. The van der Waals surface area contributed by atoms with Gasteiger partial charge in [-0.15, -0.1) is 0 Å². The van der Waals surface area contributed by atoms with E-state index in [4.69, 9.17) is 5.11 Å². The second-order valence-corrected chi connectivity index (χ2v) is 6.20. The van der Waals surface area contributed by atoms with E-state index in [-0.39, 0.29) is 23.8 Å². The number of hydrogen-bond donors (Lipinski definition) is 3. The average Bonchev–Trinajstić information content (AvgIpc) is 2.68. The first-order valence-corrected chi connectivity index (χ1v) is 6.49. The summed E-state index contributed by atoms with van der Waals surface area (Å²) in [6, 6.07) is -0.517. The number of nitrogens with one attached hydrogen (secondary N) is 2. The Bertz CT molecular complexity index is 373. The molecule has 1 fully saturated rings. The van der Waals surface area contributed by atoms with Crippen molar-refractivity contribution < 1.29 is 19.5 Å². The van der Waals surface area contributed by atoms with E-state index in [0.29, 0.717) is 19.3 Å². The molecule has 1 aliphatic rings. The summed E-state index contributed by atoms with van der Waals surface area (Å²) < 4.78 is 0. The van der Waals surface area contributed by atoms with Gasteiger partial charge in [-0.1, -0.05) is 20.8 Å². The van der Waals surface area contributed by atoms with Crippen molar-refractivity contribution in [2.75, 3.05) is 6.54 Å². The highest BCUT2D eigenvalue weighted by Crippen LogP contribution is 2.24. The monoisotopic (exact) mass is 270 g/mol. The number of carbonyl (C=O) groups is 3. The van der Waals surface area contributed by atoms with Crippen molar-refractivity contribution >= 4 is 17.8 Å². The molecular formula is C13H22N2O4. The molecule has 2 atom stereocenters. The van der Waals surface area contributed by atoms with Gasteiger partial charge in [-0.05, 0) is 18.3 Å². The Morgan fingerprint density at radius 2 is 2.11 bits per heavy atom. The predicted octanol–water partition coefficient (Wildman–Crippen LogP) is 0.518. The van der Waals surface area contributed by atoms with Crippen molar-refractivity contribution in [1.82, 2.24) is 10.6 Å². The van der Waals surface area contributed by atoms with Gasteiger partial charge in [0.15, 0.2) is 0 Å². The van der Waals surface area contributed by atoms with Crippen LogP contribution < -0.4 is 10.6 Å². The molecule has 0 spiro atoms. The quantitative estimate of drug-likeness (QED) is 0.678. The third kappa shape index (κ3) is 5.28. The molecule has 0 aromatic carbocycles. The summed E-state index contributed by atoms with van der Waals surface area (Å²) in [5.74, 6) is -1.96. The van der Waals surface area contributed by atoms with Crippen LogP contribution in [0.25, 0.3) is 0 Å². The van der Waals surface area contributed by atoms with Gasteiger partial charge in [-0.3, -0.25) is 14.4 Å². The molecule has 0 radical (unpaired) electrons. The Kier molecular flexibility index (Phi) is 4.91. The van der Waals surface area contributed by atoms with E-state index in [0.717, 1.165) is 0 Å². The summed E-state index contributed by atoms with van der Waals surface area (Å²) in [7, 11) is 0. The molecule has 1 aliphatic heterocycles. The van der Waals surface area contributed by atoms with Crippen LogP contribution in [-0.4, -0.2) is 35.5 Å². The van der Waals surface area contributed by atoms with Crippen LogP contribution >= 0.6 is 0 Å². The van der Waals surface area contributed by atoms with E-state index in [1.54, 1.807) is 0 Å². The zero-order valence-electron chi connectivity index (χ0n) is 11.7. The third-order valence-electron chi connectivity index (χ3n) is 3.04. The minimum absolute atomic E-state index is 0.0950. The van der Waals surface area contributed by atoms with E-state index in [9.17, 15) is 14.4 Å². The first-order valence-electron chi connectivity index (χ1n) is 6.49. The normalized spacial score (nSPS) is 20.8. The molecule has 6 heteroatoms. The fraction of sp³-hybridized carbons (Fsp3) is 0.769. The zero-order valence-corrected chi connectivity index (χ0v) is 11.7. The number of carbonyl (C=O) groups excluding carboxylic acids is 2. The summed E-state index contributed by atoms with van der Waals surface area (Å²) in [5.41, 5.74) is -0.116. The summed E-state index contributed by atoms with van der Waals surface area (Å²) in [6.45, 7) is 5.98. The Labute approximate surface area is 112 Å². The standard InChI is InChI=1S/C13H22N2O4/c1-13(2,3)6-8(12(18)19)7-14-11(17)9-4-5-10(16)15-9/h8-9H,4-7H2,1-3H3,(H,14,17)(H,15,16)(H,18,19)/t8?,9-/m0/s1. The predicted molar refractivity (Wildman–Crippen MR) is 69.4 cm³/mol. The van der Waals surface area contributed by atoms with Crippen LogP contribution in [0.4, 0.5) is 0 Å². The second kappa shape index (κ2) is 6.04. The molecule has 0 aromatic heterocycles. The average molecular weight is 270 g/mol. The number of aliphatic carboxylic acids is 1. The lowest BCUT2D eigenvalue weighted by molar-refractivity contribution is -0.142. The summed E-state index contributed by atoms with van der Waals surface area (Å²) in [6.07, 6.45) is 1.31. The molecule has 6 nitrogen and oxygen atoms in total. The molecule has 0 bridgehead atoms. The lowest BCUT2D eigenvalue weighted by Gasteiger charge is -2.23. The lowest BCUT2D eigenvalue weighted by Crippen LogP contribution is -2.44. The van der Waals surface area contributed by atoms with E-state index >= 15 is 0 Å². The van der Waals surface area contributed by atoms with Crippen LogP contribution in [0.5, 0.6) is 0 Å². The van der Waals surface area contributed by atoms with Crippen molar-refractivity contribution in [2.24, 2.45) is 11.3 Å². The molecule has 1 saturated heterocycles. The zero-order chi connectivity index (χ0) is 14.6. The van der Waals surface area contributed by atoms with Gasteiger partial charge in [0.2, 0.25) is 11.8 Å². The Morgan fingerprint density at radius 1 is 1.47 bits per heavy atom. The van der Waals surface area contributed by atoms with Gasteiger partial charge in [0, 0.05) is 13.0 Å². The number of rotatable bonds is 5. The van der Waals surface area contributed by atoms with E-state index in [1.165, 1.54) is 0 Å². The largest absolute Gasteiger partial charge is 0.481 e. The third-order valence-corrected chi connectivity index (χ3v) is 3.04. The van der Waals surface area contributed by atoms with Gasteiger partial charge in [0.25, 0.3) is 0 Å². The second-order valence-electron chi connectivity index (χ2n) is 6.20. The van der Waals surface area contributed by atoms with Crippen LogP contribution in [0.3, 0.4) is 0 Å². The van der Waals surface area contributed by atoms with Gasteiger partial charge in [-0.25, -0.2) is 0 Å². The van der Waals surface area contributed by atoms with Gasteiger partial charge in [-0.2, -0.15) is 0 Å². The number of hydrogen-bond acceptors (Lipinski definition) is 3. The first-order chi connectivity index (χ1) is 8.69. The van der Waals surface area contributed by atoms with Crippen molar-refractivity contribution in [3.8, 4) is 0 Å². The minimum Gasteiger partial charge on any atom is -0.481 e. The molecule has 2 amide bonds. The topological polar surface area (TPSA) is 95.5 Å². The smallest absolute Gasteiger partial charge is 0.308 e. The highest BCUT2D eigenvalue weighted by molar-refractivity contribution is 5.90. The summed E-state index contributed by atoms with van der Waals surface area (Å²) >= 11 is 0. The molecule has 19 heavy (non-hydrogen) atoms. The molecule has 0 aromatic rings. The number of carboxylic acids is 1. The molecule has 0 saturated carbocycles. The Morgan fingerprint density at radius 3 is 2.53 bits per heavy atom. The maximum Gasteiger partial charge on any atom is 0.308 e. The first kappa shape index (κ1) is 15.5. The van der Waals surface area contributed by atoms with E-state index in [1.807, 2.05) is 20.8 Å². The summed E-state index contributed by atoms with van der Waals surface area (Å²) in [4.78, 5) is 33.9. The molecule has 108 valence electrons. The van der Waals surface area contributed by atoms with Crippen molar-refractivity contribution in [1.29, 1.82) is 0 Å². The van der Waals surface area contributed by atoms with Crippen LogP contribution in [0.1, 0.15) is 40.0 Å². The van der Waals surface area contributed by atoms with Gasteiger partial charge >= 0.3 is 5.97 Å². The van der Waals surface area contributed by atoms with Crippen molar-refractivity contribution in [3.05, 3.63) is 0 Å². The number of carboxylic acid groups (broad SMARTS) is 1. The van der Waals surface area contributed by atoms with Gasteiger partial charge in [0.05, 0.1) is 5.92 Å². The van der Waals surface area contributed by atoms with Crippen LogP contribution in [-0.2, 0) is 14.4 Å². The SMILES string of the molecule is CC(C)(C)CC(CNC(=O)[C@@H]1CCC(=O)N1)C(=O)O. The van der Waals surface area contributed by atoms with Crippen LogP contribution in [0.15, 0.2) is 0 Å². The highest BCUT2D eigenvalue weighted by atomic mass is 16.4. The maximum absolute atomic E-state index is 11.8. The van der Waals surface area contributed by atoms with Gasteiger partial charge < -0.3 is 15.7 Å². The van der Waals surface area contributed by atoms with E-state index in [2.05, 4.69) is 10.6 Å². The molecule has 0 aliphatic carbocycles. The molecule has 1 rings (SSSR count). The fourth-order valence-corrected chi connectivity index (χ4v) is 2.14. The molecule has 1 heterocycles. The van der Waals surface area contributed by atoms with Crippen LogP contribution in [0, 0.1) is 11.3 Å². The van der Waals surface area contributed by atoms with Gasteiger partial charge in [0.1, 0.15) is 6.04 Å². The maximum atomic E-state index is 11.8. The fourth-order valence-electron chi connectivity index (χ4n) is 2.14. The minimum atomic E-state index is -0.911. The van der Waals surface area contributed by atoms with Crippen LogP contribution in [0.2, 0.25) is 0 Å². The molecule has 3 N–H and O–H groups in total.